The van der Waals surface area contributed by atoms with E-state index in [1.54, 1.807) is 13.1 Å². The van der Waals surface area contributed by atoms with Gasteiger partial charge in [0, 0.05) is 25.1 Å². The number of likely N-dealkylation sites (N-methyl/N-ethyl adjacent to an activating group) is 1. The first kappa shape index (κ1) is 24.0. The van der Waals surface area contributed by atoms with Crippen LogP contribution in [-0.4, -0.2) is 42.8 Å². The van der Waals surface area contributed by atoms with Gasteiger partial charge >= 0.3 is 12.1 Å². The summed E-state index contributed by atoms with van der Waals surface area (Å²) < 4.78 is 5.57. The number of anilines is 1. The number of para-hydroxylation sites is 1. The van der Waals surface area contributed by atoms with Gasteiger partial charge in [0.15, 0.2) is 0 Å². The summed E-state index contributed by atoms with van der Waals surface area (Å²) in [6.07, 6.45) is -1.07. The van der Waals surface area contributed by atoms with Crippen LogP contribution in [0.5, 0.6) is 0 Å². The minimum absolute atomic E-state index is 0.0470. The lowest BCUT2D eigenvalue weighted by Gasteiger charge is -2.25. The molecule has 2 amide bonds. The van der Waals surface area contributed by atoms with Crippen molar-refractivity contribution in [2.75, 3.05) is 18.6 Å². The Kier molecular flexibility index (Phi) is 7.15. The van der Waals surface area contributed by atoms with Gasteiger partial charge in [0.2, 0.25) is 5.91 Å². The predicted molar refractivity (Wildman–Crippen MR) is 133 cm³/mol. The molecule has 3 aromatic carbocycles. The van der Waals surface area contributed by atoms with Crippen LogP contribution in [0.25, 0.3) is 11.1 Å². The minimum atomic E-state index is -1.05. The fourth-order valence-electron chi connectivity index (χ4n) is 4.60. The fourth-order valence-corrected chi connectivity index (χ4v) is 4.60. The second kappa shape index (κ2) is 10.4. The molecular weight excluding hydrogens is 444 g/mol. The van der Waals surface area contributed by atoms with Crippen LogP contribution in [0.15, 0.2) is 72.8 Å². The van der Waals surface area contributed by atoms with Crippen LogP contribution >= 0.6 is 0 Å². The van der Waals surface area contributed by atoms with Gasteiger partial charge in [0.25, 0.3) is 0 Å². The van der Waals surface area contributed by atoms with Crippen LogP contribution in [0.3, 0.4) is 0 Å². The molecule has 1 atom stereocenters. The molecule has 0 saturated carbocycles. The normalized spacial score (nSPS) is 12.9. The van der Waals surface area contributed by atoms with Gasteiger partial charge in [-0.1, -0.05) is 66.7 Å². The molecule has 1 aliphatic carbocycles. The smallest absolute Gasteiger partial charge is 0.407 e. The van der Waals surface area contributed by atoms with E-state index in [0.717, 1.165) is 27.8 Å². The molecule has 0 saturated heterocycles. The maximum Gasteiger partial charge on any atom is 0.407 e. The number of alkyl carbamates (subject to hydrolysis) is 1. The highest BCUT2D eigenvalue weighted by molar-refractivity contribution is 5.99. The standard InChI is InChI=1S/C28H28N2O5/c1-18-9-3-8-14-25(18)30(2)27(33)24(15-16-26(31)32)29-28(34)35-17-23-21-12-6-4-10-19(21)20-11-5-7-13-22(20)23/h3-14,23-24H,15-17H2,1-2H3,(H,29,34)(H,31,32). The SMILES string of the molecule is Cc1ccccc1N(C)C(=O)C(CCC(=O)O)NC(=O)OCC1c2ccccc2-c2ccccc21. The average molecular weight is 473 g/mol. The number of amides is 2. The van der Waals surface area contributed by atoms with E-state index in [4.69, 9.17) is 9.84 Å². The first-order valence-corrected chi connectivity index (χ1v) is 11.5. The van der Waals surface area contributed by atoms with Crippen molar-refractivity contribution in [3.63, 3.8) is 0 Å². The number of fused-ring (bicyclic) bond motifs is 3. The number of hydrogen-bond acceptors (Lipinski definition) is 4. The van der Waals surface area contributed by atoms with Gasteiger partial charge in [0.1, 0.15) is 12.6 Å². The van der Waals surface area contributed by atoms with Gasteiger partial charge < -0.3 is 20.1 Å². The number of hydrogen-bond donors (Lipinski definition) is 2. The Balaban J connectivity index is 1.46. The predicted octanol–water partition coefficient (Wildman–Crippen LogP) is 4.73. The molecule has 0 heterocycles. The average Bonchev–Trinajstić information content (AvgIpc) is 3.18. The van der Waals surface area contributed by atoms with Crippen LogP contribution in [0.1, 0.15) is 35.4 Å². The lowest BCUT2D eigenvalue weighted by molar-refractivity contribution is -0.137. The third-order valence-corrected chi connectivity index (χ3v) is 6.39. The largest absolute Gasteiger partial charge is 0.481 e. The molecule has 0 aromatic heterocycles. The van der Waals surface area contributed by atoms with Gasteiger partial charge in [0.05, 0.1) is 0 Å². The van der Waals surface area contributed by atoms with Crippen LogP contribution in [0.2, 0.25) is 0 Å². The van der Waals surface area contributed by atoms with Crippen molar-refractivity contribution < 1.29 is 24.2 Å². The number of carbonyl (C=O) groups is 3. The maximum absolute atomic E-state index is 13.2. The fraction of sp³-hybridized carbons (Fsp3) is 0.250. The van der Waals surface area contributed by atoms with Crippen molar-refractivity contribution in [3.8, 4) is 11.1 Å². The van der Waals surface area contributed by atoms with E-state index in [1.807, 2.05) is 61.5 Å². The second-order valence-electron chi connectivity index (χ2n) is 8.64. The highest BCUT2D eigenvalue weighted by Crippen LogP contribution is 2.44. The Morgan fingerprint density at radius 3 is 2.11 bits per heavy atom. The summed E-state index contributed by atoms with van der Waals surface area (Å²) in [6, 6.07) is 22.4. The number of carboxylic acid groups (broad SMARTS) is 1. The van der Waals surface area contributed by atoms with Crippen LogP contribution in [0, 0.1) is 6.92 Å². The molecule has 0 spiro atoms. The first-order chi connectivity index (χ1) is 16.9. The van der Waals surface area contributed by atoms with E-state index < -0.39 is 24.0 Å². The molecule has 4 rings (SSSR count). The second-order valence-corrected chi connectivity index (χ2v) is 8.64. The quantitative estimate of drug-likeness (QED) is 0.494. The number of ether oxygens (including phenoxy) is 1. The molecule has 2 N–H and O–H groups in total. The zero-order valence-corrected chi connectivity index (χ0v) is 19.7. The number of aliphatic carboxylic acids is 1. The van der Waals surface area contributed by atoms with E-state index >= 15 is 0 Å². The molecule has 180 valence electrons. The summed E-state index contributed by atoms with van der Waals surface area (Å²) in [5, 5.41) is 11.7. The zero-order valence-electron chi connectivity index (χ0n) is 19.7. The lowest BCUT2D eigenvalue weighted by atomic mass is 9.98. The third-order valence-electron chi connectivity index (χ3n) is 6.39. The van der Waals surface area contributed by atoms with E-state index in [-0.39, 0.29) is 25.4 Å². The molecule has 35 heavy (non-hydrogen) atoms. The van der Waals surface area contributed by atoms with Crippen molar-refractivity contribution in [3.05, 3.63) is 89.5 Å². The summed E-state index contributed by atoms with van der Waals surface area (Å²) >= 11 is 0. The number of carbonyl (C=O) groups excluding carboxylic acids is 2. The summed E-state index contributed by atoms with van der Waals surface area (Å²) in [5.41, 5.74) is 5.98. The number of aryl methyl sites for hydroxylation is 1. The van der Waals surface area contributed by atoms with Gasteiger partial charge in [-0.15, -0.1) is 0 Å². The number of rotatable bonds is 8. The highest BCUT2D eigenvalue weighted by atomic mass is 16.5. The summed E-state index contributed by atoms with van der Waals surface area (Å²) in [6.45, 7) is 1.98. The van der Waals surface area contributed by atoms with E-state index in [2.05, 4.69) is 17.4 Å². The number of benzene rings is 3. The van der Waals surface area contributed by atoms with Crippen molar-refractivity contribution in [1.29, 1.82) is 0 Å². The molecular formula is C28H28N2O5. The van der Waals surface area contributed by atoms with Crippen molar-refractivity contribution in [2.45, 2.75) is 31.7 Å². The third kappa shape index (κ3) is 5.19. The molecule has 0 bridgehead atoms. The molecule has 7 heteroatoms. The minimum Gasteiger partial charge on any atom is -0.481 e. The van der Waals surface area contributed by atoms with E-state index in [1.165, 1.54) is 4.90 Å². The van der Waals surface area contributed by atoms with Crippen molar-refractivity contribution >= 4 is 23.7 Å². The molecule has 3 aromatic rings. The Morgan fingerprint density at radius 1 is 0.943 bits per heavy atom. The highest BCUT2D eigenvalue weighted by Gasteiger charge is 2.30. The first-order valence-electron chi connectivity index (χ1n) is 11.5. The number of nitrogens with one attached hydrogen (secondary N) is 1. The molecule has 0 aliphatic heterocycles. The van der Waals surface area contributed by atoms with Crippen molar-refractivity contribution in [2.24, 2.45) is 0 Å². The number of nitrogens with zero attached hydrogens (tertiary/aromatic N) is 1. The van der Waals surface area contributed by atoms with E-state index in [9.17, 15) is 14.4 Å². The lowest BCUT2D eigenvalue weighted by Crippen LogP contribution is -2.48. The Labute approximate surface area is 204 Å². The topological polar surface area (TPSA) is 95.9 Å². The molecule has 1 unspecified atom stereocenters. The van der Waals surface area contributed by atoms with Crippen LogP contribution in [-0.2, 0) is 14.3 Å². The monoisotopic (exact) mass is 472 g/mol. The summed E-state index contributed by atoms with van der Waals surface area (Å²) in [5.74, 6) is -1.57. The Bertz CT molecular complexity index is 1210. The maximum atomic E-state index is 13.2. The molecule has 0 radical (unpaired) electrons. The van der Waals surface area contributed by atoms with Gasteiger partial charge in [-0.3, -0.25) is 9.59 Å². The Hall–Kier alpha value is -4.13. The van der Waals surface area contributed by atoms with Crippen LogP contribution in [0.4, 0.5) is 10.5 Å². The number of carboxylic acids is 1. The summed E-state index contributed by atoms with van der Waals surface area (Å²) in [4.78, 5) is 38.6. The molecule has 7 nitrogen and oxygen atoms in total. The van der Waals surface area contributed by atoms with Crippen LogP contribution < -0.4 is 10.2 Å². The van der Waals surface area contributed by atoms with Gasteiger partial charge in [-0.2, -0.15) is 0 Å². The summed E-state index contributed by atoms with van der Waals surface area (Å²) in [7, 11) is 1.61. The van der Waals surface area contributed by atoms with E-state index in [0.29, 0.717) is 5.69 Å². The van der Waals surface area contributed by atoms with Gasteiger partial charge in [-0.25, -0.2) is 4.79 Å². The molecule has 1 aliphatic rings. The zero-order chi connectivity index (χ0) is 24.9. The molecule has 0 fully saturated rings. The Morgan fingerprint density at radius 2 is 1.51 bits per heavy atom. The van der Waals surface area contributed by atoms with Gasteiger partial charge in [-0.05, 0) is 47.2 Å². The van der Waals surface area contributed by atoms with Crippen molar-refractivity contribution in [1.82, 2.24) is 5.32 Å².